The molecule has 0 heterocycles. The molecule has 2 aromatic carbocycles. The largest absolute Gasteiger partial charge is 0.285 e. The van der Waals surface area contributed by atoms with Gasteiger partial charge in [-0.1, -0.05) is 48.5 Å². The van der Waals surface area contributed by atoms with E-state index in [4.69, 9.17) is 0 Å². The first kappa shape index (κ1) is 11.4. The molecule has 3 rings (SSSR count). The zero-order chi connectivity index (χ0) is 13.0. The van der Waals surface area contributed by atoms with Crippen LogP contribution in [-0.2, 0) is 14.9 Å². The molecule has 0 saturated carbocycles. The van der Waals surface area contributed by atoms with E-state index in [0.29, 0.717) is 11.1 Å². The quantitative estimate of drug-likeness (QED) is 0.801. The van der Waals surface area contributed by atoms with Crippen molar-refractivity contribution in [2.75, 3.05) is 0 Å². The Balaban J connectivity index is 2.49. The van der Waals surface area contributed by atoms with Gasteiger partial charge in [-0.3, -0.25) is 4.55 Å². The van der Waals surface area contributed by atoms with E-state index in [1.807, 2.05) is 24.3 Å². The molecule has 1 radical (unpaired) electrons. The molecule has 0 unspecified atom stereocenters. The molecule has 4 heteroatoms. The van der Waals surface area contributed by atoms with Crippen LogP contribution < -0.4 is 0 Å². The van der Waals surface area contributed by atoms with Gasteiger partial charge in [-0.2, -0.15) is 8.42 Å². The predicted molar refractivity (Wildman–Crippen MR) is 69.6 cm³/mol. The molecule has 91 valence electrons. The standard InChI is InChI=1S/C14H11O3S/c1-14(18(15,16)17)12-8-4-2-6-10(12)11-7-3-5-9-13(11)14/h2-9H,1H2,(H,15,16,17). The van der Waals surface area contributed by atoms with Crippen molar-refractivity contribution >= 4 is 10.1 Å². The minimum Gasteiger partial charge on any atom is -0.285 e. The average Bonchev–Trinajstić information content (AvgIpc) is 2.62. The first-order valence-corrected chi connectivity index (χ1v) is 6.92. The van der Waals surface area contributed by atoms with Crippen LogP contribution in [0.15, 0.2) is 48.5 Å². The maximum absolute atomic E-state index is 11.8. The van der Waals surface area contributed by atoms with Crippen LogP contribution in [0, 0.1) is 6.92 Å². The fraction of sp³-hybridized carbons (Fsp3) is 0.0714. The number of benzene rings is 2. The van der Waals surface area contributed by atoms with E-state index in [0.717, 1.165) is 11.1 Å². The first-order valence-electron chi connectivity index (χ1n) is 5.48. The topological polar surface area (TPSA) is 54.4 Å². The first-order chi connectivity index (χ1) is 8.46. The van der Waals surface area contributed by atoms with Crippen LogP contribution in [0.25, 0.3) is 11.1 Å². The van der Waals surface area contributed by atoms with Gasteiger partial charge in [-0.25, -0.2) is 0 Å². The molecule has 0 spiro atoms. The van der Waals surface area contributed by atoms with Crippen LogP contribution >= 0.6 is 0 Å². The summed E-state index contributed by atoms with van der Waals surface area (Å²) < 4.78 is 31.5. The van der Waals surface area contributed by atoms with Gasteiger partial charge in [-0.15, -0.1) is 0 Å². The van der Waals surface area contributed by atoms with Gasteiger partial charge in [0.25, 0.3) is 10.1 Å². The summed E-state index contributed by atoms with van der Waals surface area (Å²) in [6.07, 6.45) is 0. The molecule has 1 aliphatic rings. The van der Waals surface area contributed by atoms with Crippen LogP contribution in [-0.4, -0.2) is 13.0 Å². The highest BCUT2D eigenvalue weighted by Gasteiger charge is 2.48. The minimum atomic E-state index is -4.34. The molecule has 3 nitrogen and oxygen atoms in total. The Morgan fingerprint density at radius 3 is 1.67 bits per heavy atom. The van der Waals surface area contributed by atoms with E-state index in [1.165, 1.54) is 0 Å². The van der Waals surface area contributed by atoms with Crippen molar-refractivity contribution in [2.24, 2.45) is 0 Å². The molecule has 0 atom stereocenters. The van der Waals surface area contributed by atoms with Crippen molar-refractivity contribution in [1.82, 2.24) is 0 Å². The fourth-order valence-corrected chi connectivity index (χ4v) is 3.48. The monoisotopic (exact) mass is 259 g/mol. The van der Waals surface area contributed by atoms with Crippen molar-refractivity contribution in [1.29, 1.82) is 0 Å². The number of fused-ring (bicyclic) bond motifs is 3. The molecule has 2 aromatic rings. The molecular formula is C14H11O3S. The molecule has 0 amide bonds. The summed E-state index contributed by atoms with van der Waals surface area (Å²) in [5.74, 6) is 0. The van der Waals surface area contributed by atoms with Crippen molar-refractivity contribution in [3.63, 3.8) is 0 Å². The molecule has 0 fully saturated rings. The SMILES string of the molecule is [CH2]C1(S(=O)(=O)O)c2ccccc2-c2ccccc21. The zero-order valence-electron chi connectivity index (χ0n) is 9.50. The highest BCUT2D eigenvalue weighted by molar-refractivity contribution is 7.87. The van der Waals surface area contributed by atoms with Crippen LogP contribution in [0.2, 0.25) is 0 Å². The van der Waals surface area contributed by atoms with Gasteiger partial charge in [-0.05, 0) is 29.2 Å². The summed E-state index contributed by atoms with van der Waals surface area (Å²) in [7, 11) is -4.34. The van der Waals surface area contributed by atoms with E-state index >= 15 is 0 Å². The lowest BCUT2D eigenvalue weighted by atomic mass is 9.98. The van der Waals surface area contributed by atoms with Gasteiger partial charge in [0, 0.05) is 0 Å². The van der Waals surface area contributed by atoms with Crippen molar-refractivity contribution in [3.8, 4) is 11.1 Å². The lowest BCUT2D eigenvalue weighted by Crippen LogP contribution is -2.31. The van der Waals surface area contributed by atoms with Gasteiger partial charge in [0.15, 0.2) is 0 Å². The van der Waals surface area contributed by atoms with Crippen molar-refractivity contribution < 1.29 is 13.0 Å². The van der Waals surface area contributed by atoms with Crippen molar-refractivity contribution in [2.45, 2.75) is 4.75 Å². The lowest BCUT2D eigenvalue weighted by Gasteiger charge is -2.23. The Morgan fingerprint density at radius 1 is 0.889 bits per heavy atom. The van der Waals surface area contributed by atoms with E-state index in [9.17, 15) is 13.0 Å². The zero-order valence-corrected chi connectivity index (χ0v) is 10.3. The van der Waals surface area contributed by atoms with E-state index in [1.54, 1.807) is 24.3 Å². The summed E-state index contributed by atoms with van der Waals surface area (Å²) >= 11 is 0. The van der Waals surface area contributed by atoms with Crippen LogP contribution in [0.1, 0.15) is 11.1 Å². The van der Waals surface area contributed by atoms with Crippen molar-refractivity contribution in [3.05, 3.63) is 66.6 Å². The van der Waals surface area contributed by atoms with Crippen LogP contribution in [0.3, 0.4) is 0 Å². The number of rotatable bonds is 1. The van der Waals surface area contributed by atoms with Crippen LogP contribution in [0.4, 0.5) is 0 Å². The molecular weight excluding hydrogens is 248 g/mol. The number of hydrogen-bond acceptors (Lipinski definition) is 2. The smallest absolute Gasteiger partial charge is 0.279 e. The summed E-state index contributed by atoms with van der Waals surface area (Å²) in [5, 5.41) is 0. The second kappa shape index (κ2) is 3.43. The van der Waals surface area contributed by atoms with Gasteiger partial charge in [0.05, 0.1) is 0 Å². The summed E-state index contributed by atoms with van der Waals surface area (Å²) in [6.45, 7) is 3.78. The third-order valence-corrected chi connectivity index (χ3v) is 4.78. The van der Waals surface area contributed by atoms with Gasteiger partial charge < -0.3 is 0 Å². The van der Waals surface area contributed by atoms with Crippen LogP contribution in [0.5, 0.6) is 0 Å². The maximum atomic E-state index is 11.8. The van der Waals surface area contributed by atoms with Gasteiger partial charge >= 0.3 is 0 Å². The molecule has 0 aliphatic heterocycles. The Hall–Kier alpha value is -1.65. The third-order valence-electron chi connectivity index (χ3n) is 3.45. The predicted octanol–water partition coefficient (Wildman–Crippen LogP) is 2.63. The lowest BCUT2D eigenvalue weighted by molar-refractivity contribution is 0.462. The Morgan fingerprint density at radius 2 is 1.28 bits per heavy atom. The molecule has 0 bridgehead atoms. The molecule has 1 aliphatic carbocycles. The van der Waals surface area contributed by atoms with Gasteiger partial charge in [0.2, 0.25) is 0 Å². The normalized spacial score (nSPS) is 16.1. The minimum absolute atomic E-state index is 0.522. The average molecular weight is 259 g/mol. The Labute approximate surface area is 106 Å². The summed E-state index contributed by atoms with van der Waals surface area (Å²) in [4.78, 5) is 0. The Kier molecular flexibility index (Phi) is 2.18. The van der Waals surface area contributed by atoms with E-state index < -0.39 is 14.9 Å². The third kappa shape index (κ3) is 1.24. The van der Waals surface area contributed by atoms with Gasteiger partial charge in [0.1, 0.15) is 4.75 Å². The molecule has 1 N–H and O–H groups in total. The van der Waals surface area contributed by atoms with E-state index in [2.05, 4.69) is 6.92 Å². The number of hydrogen-bond donors (Lipinski definition) is 1. The maximum Gasteiger partial charge on any atom is 0.279 e. The highest BCUT2D eigenvalue weighted by Crippen LogP contribution is 2.50. The molecule has 0 saturated heterocycles. The van der Waals surface area contributed by atoms with E-state index in [-0.39, 0.29) is 0 Å². The fourth-order valence-electron chi connectivity index (χ4n) is 2.56. The summed E-state index contributed by atoms with van der Waals surface area (Å²) in [5.41, 5.74) is 2.66. The highest BCUT2D eigenvalue weighted by atomic mass is 32.2. The Bertz CT molecular complexity index is 687. The second-order valence-corrected chi connectivity index (χ2v) is 6.04. The second-order valence-electron chi connectivity index (χ2n) is 4.39. The molecule has 0 aromatic heterocycles. The molecule has 18 heavy (non-hydrogen) atoms. The summed E-state index contributed by atoms with van der Waals surface area (Å²) in [6, 6.07) is 14.2.